The van der Waals surface area contributed by atoms with E-state index < -0.39 is 12.4 Å². The van der Waals surface area contributed by atoms with Crippen LogP contribution in [-0.4, -0.2) is 35.5 Å². The van der Waals surface area contributed by atoms with Gasteiger partial charge < -0.3 is 19.3 Å². The van der Waals surface area contributed by atoms with Gasteiger partial charge in [0.25, 0.3) is 0 Å². The van der Waals surface area contributed by atoms with Gasteiger partial charge in [-0.1, -0.05) is 37.3 Å². The van der Waals surface area contributed by atoms with Crippen LogP contribution in [0, 0.1) is 5.92 Å². The van der Waals surface area contributed by atoms with E-state index in [-0.39, 0.29) is 23.6 Å². The number of benzene rings is 1. The molecule has 0 aliphatic carbocycles. The Balaban J connectivity index is 1.75. The summed E-state index contributed by atoms with van der Waals surface area (Å²) in [4.78, 5) is 0. The van der Waals surface area contributed by atoms with E-state index in [1.54, 1.807) is 0 Å². The molecular weight excluding hydrogens is 264 g/mol. The Morgan fingerprint density at radius 3 is 2.68 bits per heavy atom. The first kappa shape index (κ1) is 13.4. The maximum atomic E-state index is 10.3. The molecule has 0 bridgehead atoms. The molecule has 4 nitrogen and oxygen atoms in total. The highest BCUT2D eigenvalue weighted by atomic mass is 32.1. The van der Waals surface area contributed by atoms with Crippen LogP contribution in [0.2, 0.25) is 0 Å². The minimum Gasteiger partial charge on any atom is -0.390 e. The predicted molar refractivity (Wildman–Crippen MR) is 72.8 cm³/mol. The lowest BCUT2D eigenvalue weighted by molar-refractivity contribution is -0.311. The molecule has 3 unspecified atom stereocenters. The Kier molecular flexibility index (Phi) is 3.82. The van der Waals surface area contributed by atoms with Crippen molar-refractivity contribution in [2.24, 2.45) is 5.92 Å². The van der Waals surface area contributed by atoms with Crippen LogP contribution >= 0.6 is 12.6 Å². The van der Waals surface area contributed by atoms with Crippen molar-refractivity contribution in [3.63, 3.8) is 0 Å². The van der Waals surface area contributed by atoms with Gasteiger partial charge in [-0.2, -0.15) is 0 Å². The van der Waals surface area contributed by atoms with Crippen molar-refractivity contribution >= 4 is 12.6 Å². The average molecular weight is 282 g/mol. The topological polar surface area (TPSA) is 47.9 Å². The molecule has 0 radical (unpaired) electrons. The molecule has 19 heavy (non-hydrogen) atoms. The van der Waals surface area contributed by atoms with Gasteiger partial charge >= 0.3 is 0 Å². The fraction of sp³-hybridized carbons (Fsp3) is 0.571. The van der Waals surface area contributed by atoms with Gasteiger partial charge in [-0.05, 0) is 0 Å². The molecule has 1 N–H and O–H groups in total. The van der Waals surface area contributed by atoms with Gasteiger partial charge in [-0.15, -0.1) is 12.6 Å². The second-order valence-corrected chi connectivity index (χ2v) is 5.60. The molecular formula is C14H18O4S. The smallest absolute Gasteiger partial charge is 0.184 e. The molecule has 2 heterocycles. The third kappa shape index (κ3) is 2.53. The highest BCUT2D eigenvalue weighted by Crippen LogP contribution is 2.36. The number of rotatable bonds is 1. The zero-order valence-corrected chi connectivity index (χ0v) is 11.6. The molecule has 0 amide bonds. The van der Waals surface area contributed by atoms with Gasteiger partial charge in [-0.25, -0.2) is 0 Å². The van der Waals surface area contributed by atoms with Gasteiger partial charge in [0.2, 0.25) is 0 Å². The van der Waals surface area contributed by atoms with Crippen molar-refractivity contribution in [2.45, 2.75) is 37.0 Å². The van der Waals surface area contributed by atoms with E-state index >= 15 is 0 Å². The minimum atomic E-state index is -0.587. The van der Waals surface area contributed by atoms with Crippen LogP contribution < -0.4 is 0 Å². The maximum absolute atomic E-state index is 10.3. The summed E-state index contributed by atoms with van der Waals surface area (Å²) in [5.74, 6) is -0.0703. The van der Waals surface area contributed by atoms with Crippen LogP contribution in [-0.2, 0) is 14.2 Å². The van der Waals surface area contributed by atoms with E-state index in [9.17, 15) is 5.11 Å². The molecule has 6 atom stereocenters. The number of thiol groups is 1. The van der Waals surface area contributed by atoms with Crippen molar-refractivity contribution in [1.82, 2.24) is 0 Å². The molecule has 5 heteroatoms. The largest absolute Gasteiger partial charge is 0.390 e. The van der Waals surface area contributed by atoms with Crippen molar-refractivity contribution in [1.29, 1.82) is 0 Å². The van der Waals surface area contributed by atoms with Gasteiger partial charge in [0, 0.05) is 11.5 Å². The normalized spacial score (nSPS) is 42.7. The van der Waals surface area contributed by atoms with Crippen LogP contribution in [0.3, 0.4) is 0 Å². The first-order chi connectivity index (χ1) is 9.16. The van der Waals surface area contributed by atoms with Crippen molar-refractivity contribution in [2.75, 3.05) is 6.61 Å². The third-order valence-electron chi connectivity index (χ3n) is 3.77. The molecule has 104 valence electrons. The summed E-state index contributed by atoms with van der Waals surface area (Å²) >= 11 is 4.33. The molecule has 1 aromatic rings. The lowest BCUT2D eigenvalue weighted by Crippen LogP contribution is -2.57. The molecule has 0 aromatic heterocycles. The van der Waals surface area contributed by atoms with E-state index in [0.717, 1.165) is 5.56 Å². The van der Waals surface area contributed by atoms with E-state index in [4.69, 9.17) is 14.2 Å². The summed E-state index contributed by atoms with van der Waals surface area (Å²) in [5, 5.41) is 10.3. The predicted octanol–water partition coefficient (Wildman–Crippen LogP) is 1.75. The van der Waals surface area contributed by atoms with Crippen LogP contribution in [0.25, 0.3) is 0 Å². The van der Waals surface area contributed by atoms with Crippen LogP contribution in [0.5, 0.6) is 0 Å². The summed E-state index contributed by atoms with van der Waals surface area (Å²) in [5.41, 5.74) is 0.672. The average Bonchev–Trinajstić information content (AvgIpc) is 2.46. The quantitative estimate of drug-likeness (QED) is 0.771. The van der Waals surface area contributed by atoms with Crippen molar-refractivity contribution in [3.05, 3.63) is 35.9 Å². The van der Waals surface area contributed by atoms with Crippen molar-refractivity contribution in [3.8, 4) is 0 Å². The number of aliphatic hydroxyl groups is 1. The highest BCUT2D eigenvalue weighted by molar-refractivity contribution is 7.80. The maximum Gasteiger partial charge on any atom is 0.184 e. The Morgan fingerprint density at radius 2 is 1.95 bits per heavy atom. The Labute approximate surface area is 118 Å². The summed E-state index contributed by atoms with van der Waals surface area (Å²) < 4.78 is 17.3. The summed E-state index contributed by atoms with van der Waals surface area (Å²) in [6, 6.07) is 9.72. The highest BCUT2D eigenvalue weighted by Gasteiger charge is 2.46. The van der Waals surface area contributed by atoms with E-state index in [0.29, 0.717) is 6.61 Å². The molecule has 2 aliphatic rings. The Bertz CT molecular complexity index is 425. The summed E-state index contributed by atoms with van der Waals surface area (Å²) in [6.07, 6.45) is -1.65. The molecule has 0 spiro atoms. The number of aliphatic hydroxyl groups excluding tert-OH is 1. The van der Waals surface area contributed by atoms with E-state index in [1.807, 2.05) is 37.3 Å². The third-order valence-corrected chi connectivity index (χ3v) is 4.36. The molecule has 0 saturated carbocycles. The van der Waals surface area contributed by atoms with Crippen molar-refractivity contribution < 1.29 is 19.3 Å². The number of hydrogen-bond donors (Lipinski definition) is 2. The second kappa shape index (κ2) is 5.42. The van der Waals surface area contributed by atoms with Gasteiger partial charge in [-0.3, -0.25) is 0 Å². The number of fused-ring (bicyclic) bond motifs is 1. The number of ether oxygens (including phenoxy) is 3. The fourth-order valence-electron chi connectivity index (χ4n) is 2.52. The summed E-state index contributed by atoms with van der Waals surface area (Å²) in [7, 11) is 0. The van der Waals surface area contributed by atoms with Crippen LogP contribution in [0.4, 0.5) is 0 Å². The first-order valence-electron chi connectivity index (χ1n) is 6.50. The molecule has 2 saturated heterocycles. The molecule has 1 aromatic carbocycles. The SMILES string of the molecule is CC1[C@H](S)OC2COC(c3ccccc3)O[C@H]2[C@@H]1O. The lowest BCUT2D eigenvalue weighted by atomic mass is 9.93. The molecule has 3 rings (SSSR count). The second-order valence-electron chi connectivity index (χ2n) is 5.09. The Hall–Kier alpha value is -0.590. The van der Waals surface area contributed by atoms with Gasteiger partial charge in [0.05, 0.1) is 12.7 Å². The minimum absolute atomic E-state index is 0.0703. The first-order valence-corrected chi connectivity index (χ1v) is 7.02. The van der Waals surface area contributed by atoms with Gasteiger partial charge in [0.1, 0.15) is 17.6 Å². The molecule has 2 aliphatic heterocycles. The zero-order valence-electron chi connectivity index (χ0n) is 10.7. The van der Waals surface area contributed by atoms with E-state index in [1.165, 1.54) is 0 Å². The summed E-state index contributed by atoms with van der Waals surface area (Å²) in [6.45, 7) is 2.32. The lowest BCUT2D eigenvalue weighted by Gasteiger charge is -2.46. The monoisotopic (exact) mass is 282 g/mol. The number of hydrogen-bond acceptors (Lipinski definition) is 5. The Morgan fingerprint density at radius 1 is 1.21 bits per heavy atom. The van der Waals surface area contributed by atoms with Gasteiger partial charge in [0.15, 0.2) is 6.29 Å². The fourth-order valence-corrected chi connectivity index (χ4v) is 2.85. The zero-order chi connectivity index (χ0) is 13.4. The standard InChI is InChI=1S/C14H18O4S/c1-8-11(15)12-10(17-14(8)19)7-16-13(18-12)9-5-3-2-4-6-9/h2-6,8,10-15,19H,7H2,1H3/t8?,10?,11-,12-,13?,14+/m1/s1. The van der Waals surface area contributed by atoms with Crippen LogP contribution in [0.15, 0.2) is 30.3 Å². The molecule has 2 fully saturated rings. The van der Waals surface area contributed by atoms with E-state index in [2.05, 4.69) is 12.6 Å². The van der Waals surface area contributed by atoms with Crippen LogP contribution in [0.1, 0.15) is 18.8 Å².